The van der Waals surface area contributed by atoms with Crippen molar-refractivity contribution in [1.29, 1.82) is 0 Å². The fraction of sp³-hybridized carbons (Fsp3) is 0.533. The zero-order valence-electron chi connectivity index (χ0n) is 11.5. The zero-order valence-corrected chi connectivity index (χ0v) is 11.5. The Bertz CT molecular complexity index is 375. The Kier molecular flexibility index (Phi) is 6.26. The van der Waals surface area contributed by atoms with Gasteiger partial charge in [0, 0.05) is 17.7 Å². The Balaban J connectivity index is 2.49. The Morgan fingerprint density at radius 3 is 2.78 bits per heavy atom. The third-order valence-electron chi connectivity index (χ3n) is 2.64. The van der Waals surface area contributed by atoms with Crippen LogP contribution in [0.1, 0.15) is 40.0 Å². The lowest BCUT2D eigenvalue weighted by molar-refractivity contribution is -0.118. The van der Waals surface area contributed by atoms with Gasteiger partial charge in [0.05, 0.1) is 6.61 Å². The molecule has 0 aromatic heterocycles. The highest BCUT2D eigenvalue weighted by molar-refractivity contribution is 5.92. The number of anilines is 1. The second-order valence-electron chi connectivity index (χ2n) is 4.73. The Morgan fingerprint density at radius 2 is 2.11 bits per heavy atom. The monoisotopic (exact) mass is 249 g/mol. The SMILES string of the molecule is CCCCCOc1cccc(NC(=O)C(C)C)c1. The lowest BCUT2D eigenvalue weighted by atomic mass is 10.2. The second-order valence-corrected chi connectivity index (χ2v) is 4.73. The number of hydrogen-bond acceptors (Lipinski definition) is 2. The minimum absolute atomic E-state index is 0.0147. The van der Waals surface area contributed by atoms with Crippen molar-refractivity contribution in [2.75, 3.05) is 11.9 Å². The van der Waals surface area contributed by atoms with Crippen LogP contribution in [-0.4, -0.2) is 12.5 Å². The minimum atomic E-state index is -0.0147. The average molecular weight is 249 g/mol. The molecule has 3 nitrogen and oxygen atoms in total. The molecule has 100 valence electrons. The molecule has 0 heterocycles. The normalized spacial score (nSPS) is 10.4. The molecule has 0 spiro atoms. The Labute approximate surface area is 110 Å². The number of carbonyl (C=O) groups is 1. The minimum Gasteiger partial charge on any atom is -0.494 e. The van der Waals surface area contributed by atoms with Crippen LogP contribution in [0.3, 0.4) is 0 Å². The first-order chi connectivity index (χ1) is 8.63. The van der Waals surface area contributed by atoms with Crippen molar-refractivity contribution >= 4 is 11.6 Å². The van der Waals surface area contributed by atoms with Gasteiger partial charge in [-0.25, -0.2) is 0 Å². The van der Waals surface area contributed by atoms with Crippen molar-refractivity contribution in [3.05, 3.63) is 24.3 Å². The van der Waals surface area contributed by atoms with Crippen LogP contribution in [0.4, 0.5) is 5.69 Å². The van der Waals surface area contributed by atoms with Gasteiger partial charge in [-0.05, 0) is 18.6 Å². The van der Waals surface area contributed by atoms with Crippen molar-refractivity contribution in [3.8, 4) is 5.75 Å². The van der Waals surface area contributed by atoms with Crippen molar-refractivity contribution < 1.29 is 9.53 Å². The molecule has 1 aromatic carbocycles. The van der Waals surface area contributed by atoms with Crippen LogP contribution in [0.5, 0.6) is 5.75 Å². The van der Waals surface area contributed by atoms with Gasteiger partial charge < -0.3 is 10.1 Å². The third kappa shape index (κ3) is 5.21. The maximum atomic E-state index is 11.6. The van der Waals surface area contributed by atoms with Gasteiger partial charge in [0.25, 0.3) is 0 Å². The van der Waals surface area contributed by atoms with Crippen molar-refractivity contribution in [2.45, 2.75) is 40.0 Å². The lowest BCUT2D eigenvalue weighted by Gasteiger charge is -2.10. The summed E-state index contributed by atoms with van der Waals surface area (Å²) in [5.74, 6) is 0.824. The predicted octanol–water partition coefficient (Wildman–Crippen LogP) is 3.85. The topological polar surface area (TPSA) is 38.3 Å². The summed E-state index contributed by atoms with van der Waals surface area (Å²) >= 11 is 0. The summed E-state index contributed by atoms with van der Waals surface area (Å²) in [4.78, 5) is 11.6. The maximum absolute atomic E-state index is 11.6. The molecule has 0 aliphatic rings. The van der Waals surface area contributed by atoms with Gasteiger partial charge in [-0.1, -0.05) is 39.7 Å². The Morgan fingerprint density at radius 1 is 1.33 bits per heavy atom. The van der Waals surface area contributed by atoms with Crippen LogP contribution in [-0.2, 0) is 4.79 Å². The largest absolute Gasteiger partial charge is 0.494 e. The first kappa shape index (κ1) is 14.6. The van der Waals surface area contributed by atoms with Crippen LogP contribution in [0.2, 0.25) is 0 Å². The number of amides is 1. The zero-order chi connectivity index (χ0) is 13.4. The van der Waals surface area contributed by atoms with Crippen molar-refractivity contribution in [1.82, 2.24) is 0 Å². The molecule has 0 saturated carbocycles. The quantitative estimate of drug-likeness (QED) is 0.745. The number of hydrogen-bond donors (Lipinski definition) is 1. The molecule has 1 rings (SSSR count). The van der Waals surface area contributed by atoms with Crippen LogP contribution < -0.4 is 10.1 Å². The molecule has 1 aromatic rings. The molecule has 1 amide bonds. The fourth-order valence-corrected chi connectivity index (χ4v) is 1.49. The smallest absolute Gasteiger partial charge is 0.226 e. The van der Waals surface area contributed by atoms with E-state index in [1.54, 1.807) is 0 Å². The van der Waals surface area contributed by atoms with E-state index in [0.29, 0.717) is 0 Å². The van der Waals surface area contributed by atoms with E-state index in [9.17, 15) is 4.79 Å². The number of rotatable bonds is 7. The number of unbranched alkanes of at least 4 members (excludes halogenated alkanes) is 2. The summed E-state index contributed by atoms with van der Waals surface area (Å²) in [6.07, 6.45) is 3.44. The highest BCUT2D eigenvalue weighted by Gasteiger charge is 2.07. The van der Waals surface area contributed by atoms with E-state index in [2.05, 4.69) is 12.2 Å². The first-order valence-electron chi connectivity index (χ1n) is 6.67. The Hall–Kier alpha value is -1.51. The van der Waals surface area contributed by atoms with Crippen LogP contribution >= 0.6 is 0 Å². The molecule has 0 fully saturated rings. The van der Waals surface area contributed by atoms with Crippen LogP contribution in [0.15, 0.2) is 24.3 Å². The standard InChI is InChI=1S/C15H23NO2/c1-4-5-6-10-18-14-9-7-8-13(11-14)16-15(17)12(2)3/h7-9,11-12H,4-6,10H2,1-3H3,(H,16,17). The second kappa shape index (κ2) is 7.75. The van der Waals surface area contributed by atoms with Crippen LogP contribution in [0.25, 0.3) is 0 Å². The summed E-state index contributed by atoms with van der Waals surface area (Å²) in [6, 6.07) is 7.55. The number of ether oxygens (including phenoxy) is 1. The molecule has 0 aliphatic heterocycles. The summed E-state index contributed by atoms with van der Waals surface area (Å²) < 4.78 is 5.64. The van der Waals surface area contributed by atoms with E-state index in [1.807, 2.05) is 38.1 Å². The van der Waals surface area contributed by atoms with E-state index in [1.165, 1.54) is 12.8 Å². The van der Waals surface area contributed by atoms with Crippen molar-refractivity contribution in [3.63, 3.8) is 0 Å². The highest BCUT2D eigenvalue weighted by Crippen LogP contribution is 2.18. The molecule has 0 aliphatic carbocycles. The van der Waals surface area contributed by atoms with E-state index in [-0.39, 0.29) is 11.8 Å². The van der Waals surface area contributed by atoms with Gasteiger partial charge >= 0.3 is 0 Å². The summed E-state index contributed by atoms with van der Waals surface area (Å²) in [6.45, 7) is 6.65. The maximum Gasteiger partial charge on any atom is 0.226 e. The summed E-state index contributed by atoms with van der Waals surface area (Å²) in [5, 5.41) is 2.86. The van der Waals surface area contributed by atoms with E-state index < -0.39 is 0 Å². The predicted molar refractivity (Wildman–Crippen MR) is 74.9 cm³/mol. The molecule has 3 heteroatoms. The lowest BCUT2D eigenvalue weighted by Crippen LogP contribution is -2.17. The third-order valence-corrected chi connectivity index (χ3v) is 2.64. The van der Waals surface area contributed by atoms with E-state index in [4.69, 9.17) is 4.74 Å². The molecule has 18 heavy (non-hydrogen) atoms. The van der Waals surface area contributed by atoms with Gasteiger partial charge in [0.15, 0.2) is 0 Å². The molecular formula is C15H23NO2. The van der Waals surface area contributed by atoms with Crippen LogP contribution in [0, 0.1) is 5.92 Å². The van der Waals surface area contributed by atoms with Crippen molar-refractivity contribution in [2.24, 2.45) is 5.92 Å². The average Bonchev–Trinajstić information content (AvgIpc) is 2.35. The molecule has 1 N–H and O–H groups in total. The van der Waals surface area contributed by atoms with Gasteiger partial charge in [0.1, 0.15) is 5.75 Å². The molecule has 0 unspecified atom stereocenters. The van der Waals surface area contributed by atoms with E-state index >= 15 is 0 Å². The van der Waals surface area contributed by atoms with E-state index in [0.717, 1.165) is 24.5 Å². The fourth-order valence-electron chi connectivity index (χ4n) is 1.49. The molecule has 0 atom stereocenters. The summed E-state index contributed by atoms with van der Waals surface area (Å²) in [5.41, 5.74) is 0.793. The number of benzene rings is 1. The summed E-state index contributed by atoms with van der Waals surface area (Å²) in [7, 11) is 0. The number of carbonyl (C=O) groups excluding carboxylic acids is 1. The molecule has 0 radical (unpaired) electrons. The molecular weight excluding hydrogens is 226 g/mol. The molecule has 0 bridgehead atoms. The highest BCUT2D eigenvalue weighted by atomic mass is 16.5. The van der Waals surface area contributed by atoms with Gasteiger partial charge in [-0.3, -0.25) is 4.79 Å². The van der Waals surface area contributed by atoms with Gasteiger partial charge in [-0.2, -0.15) is 0 Å². The number of nitrogens with one attached hydrogen (secondary N) is 1. The van der Waals surface area contributed by atoms with Gasteiger partial charge in [-0.15, -0.1) is 0 Å². The van der Waals surface area contributed by atoms with Gasteiger partial charge in [0.2, 0.25) is 5.91 Å². The first-order valence-corrected chi connectivity index (χ1v) is 6.67. The molecule has 0 saturated heterocycles.